The number of alkyl halides is 58. The molecule has 0 aromatic heterocycles. The Hall–Kier alpha value is -6.08. The summed E-state index contributed by atoms with van der Waals surface area (Å²) in [6.07, 6.45) is -26.8. The molecule has 0 heterocycles. The molecule has 75 heteroatoms. The van der Waals surface area contributed by atoms with Gasteiger partial charge in [-0.3, -0.25) is 0 Å². The molecule has 0 radical (unpaired) electrons. The summed E-state index contributed by atoms with van der Waals surface area (Å²) in [5.74, 6) is -206. The molecule has 782 valence electrons. The van der Waals surface area contributed by atoms with Gasteiger partial charge in [0.15, 0.2) is 26.4 Å². The molecule has 1 N–H and O–H groups in total. The molecule has 0 unspecified atom stereocenters. The summed E-state index contributed by atoms with van der Waals surface area (Å²) in [7, 11) is -8.81. The van der Waals surface area contributed by atoms with E-state index in [0.29, 0.717) is 20.8 Å². The van der Waals surface area contributed by atoms with E-state index in [4.69, 9.17) is 38.3 Å². The zero-order valence-electron chi connectivity index (χ0n) is 63.0. The molecule has 0 aliphatic heterocycles. The lowest BCUT2D eigenvalue weighted by atomic mass is 9.93. The fraction of sp³-hybridized carbons (Fsp3) is 0.789. The monoisotopic (exact) mass is 2190 g/mol. The topological polar surface area (TPSA) is 153 Å². The van der Waals surface area contributed by atoms with Crippen molar-refractivity contribution in [3.63, 3.8) is 0 Å². The van der Waals surface area contributed by atoms with E-state index in [-0.39, 0.29) is 0 Å². The highest BCUT2D eigenvalue weighted by molar-refractivity contribution is 7.64. The number of esters is 4. The molecule has 12 nitrogen and oxygen atoms in total. The van der Waals surface area contributed by atoms with Gasteiger partial charge in [-0.15, -0.1) is 33.2 Å². The van der Waals surface area contributed by atoms with E-state index in [0.717, 1.165) is 6.92 Å². The van der Waals surface area contributed by atoms with Gasteiger partial charge in [0.2, 0.25) is 0 Å². The van der Waals surface area contributed by atoms with Gasteiger partial charge in [-0.25, -0.2) is 19.2 Å². The minimum atomic E-state index is -9.12. The first kappa shape index (κ1) is 130. The smallest absolute Gasteiger partial charge is 0.456 e. The van der Waals surface area contributed by atoms with E-state index in [1.807, 2.05) is 0 Å². The first-order chi connectivity index (χ1) is 56.9. The van der Waals surface area contributed by atoms with Crippen LogP contribution in [0.15, 0.2) is 48.6 Å². The molecule has 0 aliphatic rings. The van der Waals surface area contributed by atoms with Crippen LogP contribution in [0.5, 0.6) is 0 Å². The molecule has 132 heavy (non-hydrogen) atoms. The van der Waals surface area contributed by atoms with Crippen LogP contribution in [-0.2, 0) is 51.4 Å². The second kappa shape index (κ2) is 40.4. The lowest BCUT2D eigenvalue weighted by Gasteiger charge is -2.41. The molecule has 0 aromatic rings. The maximum absolute atomic E-state index is 15.2. The number of hydrogen-bond acceptors (Lipinski definition) is 12. The molecule has 0 rings (SSSR count). The molecule has 0 aromatic carbocycles. The molecule has 0 saturated carbocycles. The van der Waals surface area contributed by atoms with Crippen LogP contribution < -0.4 is 0 Å². The average molecular weight is 2190 g/mol. The van der Waals surface area contributed by atoms with E-state index in [1.54, 1.807) is 0 Å². The van der Waals surface area contributed by atoms with Crippen LogP contribution >= 0.6 is 33.2 Å². The fourth-order valence-corrected chi connectivity index (χ4v) is 11.3. The van der Waals surface area contributed by atoms with Crippen molar-refractivity contribution in [2.45, 2.75) is 225 Å². The van der Waals surface area contributed by atoms with Crippen LogP contribution in [0.4, 0.5) is 255 Å². The van der Waals surface area contributed by atoms with Gasteiger partial charge in [-0.05, 0) is 33.7 Å². The highest BCUT2D eigenvalue weighted by Gasteiger charge is 2.94. The standard InChI is InChI=1S/C39H33F37O9Si.C10H10F8O3.C8H4Cl3F13Si/c1-16(2)19(77)80-11-24(44,45)31(58,59)29(54,55)22(40,41)7-9-83-86(10-8-23(42,43)30(56,57)36(68,69)37(70,71)38(72,73)39(74,75)76,84-14-27(50,51)34(64,65)32(60,61)25(46,47)12-81-20(78)17(3)4)85-15-28(52,53)35(66,67)33(62,63)26(48,49)13-82-21(79)18(5)6;1-5(2)6(20)21-4-8(13,14)10(17,18)9(15,16)7(11,12)3-19;9-25(10,11)2-1-3(12,13)4(14,15)5(16,17)6(18,19)7(20,21)8(22,23)24/h1,3,5,7-15H2,2,4,6H3;19H,1,3-4H2,2H3;1-2H2. The van der Waals surface area contributed by atoms with Crippen molar-refractivity contribution in [1.29, 1.82) is 0 Å². The van der Waals surface area contributed by atoms with E-state index < -0.39 is 312 Å². The van der Waals surface area contributed by atoms with Crippen LogP contribution in [0.2, 0.25) is 12.1 Å². The molecule has 0 fully saturated rings. The number of carbonyl (C=O) groups is 4. The quantitative estimate of drug-likeness (QED) is 0.0154. The van der Waals surface area contributed by atoms with Crippen molar-refractivity contribution in [2.75, 3.05) is 52.9 Å². The third kappa shape index (κ3) is 25.5. The van der Waals surface area contributed by atoms with Gasteiger partial charge in [-0.1, -0.05) is 26.3 Å². The number of carbonyl (C=O) groups excluding carboxylic acids is 4. The molecule has 0 atom stereocenters. The third-order valence-corrected chi connectivity index (χ3v) is 20.7. The number of ether oxygens (including phenoxy) is 4. The van der Waals surface area contributed by atoms with Crippen molar-refractivity contribution in [1.82, 2.24) is 0 Å². The molecule has 0 spiro atoms. The fourth-order valence-electron chi connectivity index (χ4n) is 7.36. The van der Waals surface area contributed by atoms with E-state index in [2.05, 4.69) is 58.5 Å². The van der Waals surface area contributed by atoms with Crippen molar-refractivity contribution < 1.29 is 311 Å². The summed E-state index contributed by atoms with van der Waals surface area (Å²) in [6, 6.07) is -9.85. The Labute approximate surface area is 708 Å². The SMILES string of the molecule is C=C(C)C(=O)OCC(F)(F)C(F)(F)C(F)(F)C(F)(F)CCO[Si](CCC(F)(F)C(F)(F)C(F)(F)C(F)(F)C(F)(F)C(F)(F)F)(OCC(F)(F)C(F)(F)C(F)(F)C(F)(F)COC(=O)C(=C)C)OCC(F)(F)C(F)(F)C(F)(F)C(F)(F)COC(=O)C(=C)C.C=C(C)C(=O)OCC(F)(F)C(F)(F)C(F)(F)C(F)(F)CO.FC(F)(F)C(F)(F)C(F)(F)C(F)(F)C(F)(F)C(F)(F)CC[Si](Cl)(Cl)Cl. The number of hydrogen-bond donors (Lipinski definition) is 1. The second-order valence-corrected chi connectivity index (χ2v) is 38.3. The highest BCUT2D eigenvalue weighted by atomic mass is 35.8. The molecule has 0 amide bonds. The van der Waals surface area contributed by atoms with E-state index >= 15 is 26.3 Å². The summed E-state index contributed by atoms with van der Waals surface area (Å²) in [6.45, 7) is -15.9. The Kier molecular flexibility index (Phi) is 39.8. The zero-order chi connectivity index (χ0) is 108. The van der Waals surface area contributed by atoms with Crippen molar-refractivity contribution in [3.05, 3.63) is 48.6 Å². The van der Waals surface area contributed by atoms with Crippen LogP contribution in [0.25, 0.3) is 0 Å². The summed E-state index contributed by atoms with van der Waals surface area (Å²) >= 11 is 15.0. The maximum Gasteiger partial charge on any atom is 0.501 e. The van der Waals surface area contributed by atoms with Crippen molar-refractivity contribution in [2.24, 2.45) is 0 Å². The third-order valence-electron chi connectivity index (χ3n) is 15.5. The van der Waals surface area contributed by atoms with Crippen molar-refractivity contribution >= 4 is 71.9 Å². The normalized spacial score (nSPS) is 15.3. The summed E-state index contributed by atoms with van der Waals surface area (Å²) < 4.78 is 828. The summed E-state index contributed by atoms with van der Waals surface area (Å²) in [5, 5.41) is 7.94. The van der Waals surface area contributed by atoms with E-state index in [9.17, 15) is 247 Å². The van der Waals surface area contributed by atoms with Crippen molar-refractivity contribution in [3.8, 4) is 0 Å². The average Bonchev–Trinajstić information content (AvgIpc) is 0.710. The van der Waals surface area contributed by atoms with E-state index in [1.165, 1.54) is 0 Å². The van der Waals surface area contributed by atoms with Gasteiger partial charge >= 0.3 is 205 Å². The Bertz CT molecular complexity index is 3900. The Morgan fingerprint density at radius 3 is 0.591 bits per heavy atom. The largest absolute Gasteiger partial charge is 0.501 e. The minimum Gasteiger partial charge on any atom is -0.456 e. The first-order valence-corrected chi connectivity index (χ1v) is 38.9. The Balaban J connectivity index is -0.00000291. The van der Waals surface area contributed by atoms with Gasteiger partial charge < -0.3 is 37.3 Å². The first-order valence-electron chi connectivity index (χ1n) is 31.8. The lowest BCUT2D eigenvalue weighted by molar-refractivity contribution is -0.440. The summed E-state index contributed by atoms with van der Waals surface area (Å²) in [4.78, 5) is 44.9. The molecule has 0 aliphatic carbocycles. The number of aliphatic hydroxyl groups excluding tert-OH is 1. The van der Waals surface area contributed by atoms with Gasteiger partial charge in [0.1, 0.15) is 19.8 Å². The Morgan fingerprint density at radius 2 is 0.402 bits per heavy atom. The highest BCUT2D eigenvalue weighted by Crippen LogP contribution is 2.65. The van der Waals surface area contributed by atoms with Gasteiger partial charge in [0.05, 0.1) is 0 Å². The summed E-state index contributed by atoms with van der Waals surface area (Å²) in [5.41, 5.74) is -3.83. The Morgan fingerprint density at radius 1 is 0.235 bits per heavy atom. The molecular weight excluding hydrogens is 2140 g/mol. The molecule has 0 bridgehead atoms. The molecule has 0 saturated heterocycles. The maximum atomic E-state index is 15.2. The van der Waals surface area contributed by atoms with Crippen LogP contribution in [0.1, 0.15) is 47.0 Å². The van der Waals surface area contributed by atoms with Crippen LogP contribution in [0, 0.1) is 0 Å². The van der Waals surface area contributed by atoms with Gasteiger partial charge in [0, 0.05) is 54.2 Å². The minimum absolute atomic E-state index is 0.457. The zero-order valence-corrected chi connectivity index (χ0v) is 67.3. The number of halogens is 61. The van der Waals surface area contributed by atoms with Gasteiger partial charge in [0.25, 0.3) is 0 Å². The number of aliphatic hydroxyl groups is 1. The lowest BCUT2D eigenvalue weighted by Crippen LogP contribution is -2.70. The predicted octanol–water partition coefficient (Wildman–Crippen LogP) is 23.9. The van der Waals surface area contributed by atoms with Crippen LogP contribution in [0.3, 0.4) is 0 Å². The second-order valence-electron chi connectivity index (χ2n) is 26.3. The predicted molar refractivity (Wildman–Crippen MR) is 321 cm³/mol. The number of rotatable bonds is 49. The molecular formula is C57H47Cl3F58O12Si2. The van der Waals surface area contributed by atoms with Gasteiger partial charge in [-0.2, -0.15) is 255 Å². The van der Waals surface area contributed by atoms with Crippen LogP contribution in [-0.4, -0.2) is 263 Å².